The van der Waals surface area contributed by atoms with E-state index in [1.807, 2.05) is 55.1 Å². The van der Waals surface area contributed by atoms with Gasteiger partial charge in [-0.2, -0.15) is 5.10 Å². The van der Waals surface area contributed by atoms with Crippen molar-refractivity contribution in [1.29, 1.82) is 0 Å². The molecule has 3 aromatic rings. The average Bonchev–Trinajstić information content (AvgIpc) is 3.18. The van der Waals surface area contributed by atoms with Crippen LogP contribution >= 0.6 is 0 Å². The van der Waals surface area contributed by atoms with Gasteiger partial charge >= 0.3 is 0 Å². The van der Waals surface area contributed by atoms with E-state index in [1.165, 1.54) is 0 Å². The predicted molar refractivity (Wildman–Crippen MR) is 119 cm³/mol. The molecule has 2 aromatic carbocycles. The van der Waals surface area contributed by atoms with E-state index in [0.29, 0.717) is 36.5 Å². The summed E-state index contributed by atoms with van der Waals surface area (Å²) in [6.45, 7) is 5.30. The summed E-state index contributed by atoms with van der Waals surface area (Å²) < 4.78 is 6.35. The van der Waals surface area contributed by atoms with Crippen LogP contribution in [0.5, 0.6) is 5.75 Å². The van der Waals surface area contributed by atoms with E-state index in [2.05, 4.69) is 10.2 Å². The van der Waals surface area contributed by atoms with E-state index in [1.54, 1.807) is 0 Å². The molecule has 6 nitrogen and oxygen atoms in total. The molecule has 2 atom stereocenters. The Bertz CT molecular complexity index is 1170. The molecule has 2 aliphatic heterocycles. The lowest BCUT2D eigenvalue weighted by atomic mass is 9.85. The lowest BCUT2D eigenvalue weighted by Crippen LogP contribution is -2.46. The van der Waals surface area contributed by atoms with E-state index in [-0.39, 0.29) is 23.7 Å². The highest BCUT2D eigenvalue weighted by Crippen LogP contribution is 2.37. The average molecular weight is 418 g/mol. The van der Waals surface area contributed by atoms with Gasteiger partial charge in [0.2, 0.25) is 0 Å². The molecule has 6 heteroatoms. The number of hydrogen-bond acceptors (Lipinski definition) is 4. The highest BCUT2D eigenvalue weighted by molar-refractivity contribution is 6.11. The summed E-state index contributed by atoms with van der Waals surface area (Å²) in [5.41, 5.74) is 3.13. The second kappa shape index (κ2) is 7.84. The van der Waals surface area contributed by atoms with Crippen molar-refractivity contribution in [2.24, 2.45) is 5.92 Å². The number of fused-ring (bicyclic) bond motifs is 3. The number of ketones is 1. The fourth-order valence-corrected chi connectivity index (χ4v) is 5.02. The summed E-state index contributed by atoms with van der Waals surface area (Å²) in [7, 11) is 0. The number of likely N-dealkylation sites (tertiary alicyclic amines) is 1. The molecule has 0 saturated carbocycles. The molecule has 1 N–H and O–H groups in total. The molecule has 0 spiro atoms. The van der Waals surface area contributed by atoms with Crippen molar-refractivity contribution < 1.29 is 14.3 Å². The summed E-state index contributed by atoms with van der Waals surface area (Å²) in [5.74, 6) is 0.888. The number of hydrogen-bond donors (Lipinski definition) is 1. The third kappa shape index (κ3) is 3.40. The number of carbonyl (C=O) groups is 2. The third-order valence-corrected chi connectivity index (χ3v) is 6.77. The van der Waals surface area contributed by atoms with E-state index in [0.717, 1.165) is 41.3 Å². The molecule has 1 amide bonds. The van der Waals surface area contributed by atoms with Crippen LogP contribution in [0.25, 0.3) is 10.8 Å². The van der Waals surface area contributed by atoms with Gasteiger partial charge in [-0.05, 0) is 43.0 Å². The number of H-pyrrole nitrogens is 1. The SMILES string of the molecule is CCc1[nH]nc(C(=O)N2CCC[C@H]([C@H]3CC(=O)c4c(ccc5ccccc45)O3)C2)c1C. The number of benzene rings is 2. The van der Waals surface area contributed by atoms with E-state index >= 15 is 0 Å². The smallest absolute Gasteiger partial charge is 0.274 e. The zero-order chi connectivity index (χ0) is 21.5. The molecule has 0 bridgehead atoms. The highest BCUT2D eigenvalue weighted by atomic mass is 16.5. The number of nitrogens with one attached hydrogen (secondary N) is 1. The first kappa shape index (κ1) is 19.8. The molecule has 0 unspecified atom stereocenters. The largest absolute Gasteiger partial charge is 0.489 e. The number of rotatable bonds is 3. The fraction of sp³-hybridized carbons (Fsp3) is 0.400. The normalized spacial score (nSPS) is 21.1. The van der Waals surface area contributed by atoms with Gasteiger partial charge in [-0.15, -0.1) is 0 Å². The van der Waals surface area contributed by atoms with Crippen LogP contribution in [-0.4, -0.2) is 46.0 Å². The molecule has 1 saturated heterocycles. The number of amides is 1. The van der Waals surface area contributed by atoms with Crippen molar-refractivity contribution >= 4 is 22.5 Å². The number of aromatic nitrogens is 2. The predicted octanol–water partition coefficient (Wildman–Crippen LogP) is 4.32. The topological polar surface area (TPSA) is 75.3 Å². The molecule has 0 radical (unpaired) electrons. The first-order chi connectivity index (χ1) is 15.1. The van der Waals surface area contributed by atoms with Crippen LogP contribution in [0, 0.1) is 12.8 Å². The van der Waals surface area contributed by atoms with Gasteiger partial charge in [0, 0.05) is 36.7 Å². The molecule has 3 heterocycles. The van der Waals surface area contributed by atoms with Crippen LogP contribution in [-0.2, 0) is 6.42 Å². The van der Waals surface area contributed by atoms with Gasteiger partial charge in [-0.3, -0.25) is 14.7 Å². The van der Waals surface area contributed by atoms with Crippen LogP contribution in [0.15, 0.2) is 36.4 Å². The Morgan fingerprint density at radius 3 is 2.90 bits per heavy atom. The molecule has 31 heavy (non-hydrogen) atoms. The standard InChI is InChI=1S/C25H27N3O3/c1-3-19-15(2)24(27-26-19)25(30)28-12-6-8-17(14-28)22-13-20(29)23-18-9-5-4-7-16(18)10-11-21(23)31-22/h4-5,7,9-11,17,22H,3,6,8,12-14H2,1-2H3,(H,26,27)/t17-,22+/m0/s1. The summed E-state index contributed by atoms with van der Waals surface area (Å²) in [6.07, 6.45) is 2.82. The van der Waals surface area contributed by atoms with Gasteiger partial charge in [0.25, 0.3) is 5.91 Å². The maximum atomic E-state index is 13.1. The minimum absolute atomic E-state index is 0.0355. The lowest BCUT2D eigenvalue weighted by Gasteiger charge is -2.38. The Balaban J connectivity index is 1.36. The molecular formula is C25H27N3O3. The molecule has 1 fully saturated rings. The number of ether oxygens (including phenoxy) is 1. The third-order valence-electron chi connectivity index (χ3n) is 6.77. The van der Waals surface area contributed by atoms with Crippen LogP contribution < -0.4 is 4.74 Å². The second-order valence-electron chi connectivity index (χ2n) is 8.63. The van der Waals surface area contributed by atoms with Crippen molar-refractivity contribution in [2.75, 3.05) is 13.1 Å². The maximum Gasteiger partial charge on any atom is 0.274 e. The lowest BCUT2D eigenvalue weighted by molar-refractivity contribution is 0.0407. The van der Waals surface area contributed by atoms with Gasteiger partial charge in [-0.1, -0.05) is 37.3 Å². The molecular weight excluding hydrogens is 390 g/mol. The summed E-state index contributed by atoms with van der Waals surface area (Å²) in [4.78, 5) is 28.1. The first-order valence-corrected chi connectivity index (χ1v) is 11.1. The summed E-state index contributed by atoms with van der Waals surface area (Å²) >= 11 is 0. The Morgan fingerprint density at radius 1 is 1.26 bits per heavy atom. The molecule has 160 valence electrons. The van der Waals surface area contributed by atoms with Crippen molar-refractivity contribution in [1.82, 2.24) is 15.1 Å². The Morgan fingerprint density at radius 2 is 2.10 bits per heavy atom. The zero-order valence-corrected chi connectivity index (χ0v) is 18.0. The molecule has 1 aromatic heterocycles. The zero-order valence-electron chi connectivity index (χ0n) is 18.0. The Labute approximate surface area is 181 Å². The van der Waals surface area contributed by atoms with Crippen molar-refractivity contribution in [3.05, 3.63) is 58.9 Å². The van der Waals surface area contributed by atoms with Gasteiger partial charge < -0.3 is 9.64 Å². The van der Waals surface area contributed by atoms with Gasteiger partial charge in [0.05, 0.1) is 5.56 Å². The number of piperidine rings is 1. The number of aromatic amines is 1. The Kier molecular flexibility index (Phi) is 5.00. The molecule has 5 rings (SSSR count). The van der Waals surface area contributed by atoms with E-state index < -0.39 is 0 Å². The monoisotopic (exact) mass is 417 g/mol. The highest BCUT2D eigenvalue weighted by Gasteiger charge is 2.37. The quantitative estimate of drug-likeness (QED) is 0.689. The first-order valence-electron chi connectivity index (χ1n) is 11.1. The molecule has 2 aliphatic rings. The number of aryl methyl sites for hydroxylation is 1. The summed E-state index contributed by atoms with van der Waals surface area (Å²) in [6, 6.07) is 11.8. The van der Waals surface area contributed by atoms with Crippen molar-refractivity contribution in [2.45, 2.75) is 45.6 Å². The number of Topliss-reactive ketones (excluding diaryl/α,β-unsaturated/α-hetero) is 1. The van der Waals surface area contributed by atoms with Crippen LogP contribution in [0.2, 0.25) is 0 Å². The minimum Gasteiger partial charge on any atom is -0.489 e. The van der Waals surface area contributed by atoms with Crippen molar-refractivity contribution in [3.8, 4) is 5.75 Å². The van der Waals surface area contributed by atoms with E-state index in [4.69, 9.17) is 4.74 Å². The van der Waals surface area contributed by atoms with E-state index in [9.17, 15) is 9.59 Å². The number of carbonyl (C=O) groups excluding carboxylic acids is 2. The van der Waals surface area contributed by atoms with Crippen LogP contribution in [0.4, 0.5) is 0 Å². The van der Waals surface area contributed by atoms with Crippen LogP contribution in [0.1, 0.15) is 58.3 Å². The maximum absolute atomic E-state index is 13.1. The fourth-order valence-electron chi connectivity index (χ4n) is 5.02. The molecule has 0 aliphatic carbocycles. The number of nitrogens with zero attached hydrogens (tertiary/aromatic N) is 2. The van der Waals surface area contributed by atoms with Gasteiger partial charge in [0.15, 0.2) is 11.5 Å². The second-order valence-corrected chi connectivity index (χ2v) is 8.63. The van der Waals surface area contributed by atoms with Gasteiger partial charge in [0.1, 0.15) is 11.9 Å². The van der Waals surface area contributed by atoms with Crippen LogP contribution in [0.3, 0.4) is 0 Å². The Hall–Kier alpha value is -3.15. The summed E-state index contributed by atoms with van der Waals surface area (Å²) in [5, 5.41) is 9.25. The minimum atomic E-state index is -0.205. The van der Waals surface area contributed by atoms with Crippen molar-refractivity contribution in [3.63, 3.8) is 0 Å². The van der Waals surface area contributed by atoms with Gasteiger partial charge in [-0.25, -0.2) is 0 Å².